The number of hydrogen-bond acceptors (Lipinski definition) is 4. The molecule has 12 heavy (non-hydrogen) atoms. The molecule has 2 aliphatic rings. The minimum Gasteiger partial charge on any atom is -0.411 e. The molecule has 0 amide bonds. The minimum atomic E-state index is -0.00713. The Labute approximate surface area is 71.6 Å². The summed E-state index contributed by atoms with van der Waals surface area (Å²) in [4.78, 5) is 0. The van der Waals surface area contributed by atoms with Gasteiger partial charge in [-0.3, -0.25) is 0 Å². The zero-order valence-electron chi connectivity index (χ0n) is 7.05. The second-order valence-corrected chi connectivity index (χ2v) is 3.56. The molecule has 2 aliphatic heterocycles. The largest absolute Gasteiger partial charge is 0.411 e. The molecular formula is C8H14N2O2. The molecule has 68 valence electrons. The molecule has 4 nitrogen and oxygen atoms in total. The van der Waals surface area contributed by atoms with E-state index in [4.69, 9.17) is 9.94 Å². The van der Waals surface area contributed by atoms with Crippen molar-refractivity contribution in [1.29, 1.82) is 0 Å². The predicted octanol–water partition coefficient (Wildman–Crippen LogP) is 0.359. The summed E-state index contributed by atoms with van der Waals surface area (Å²) < 4.78 is 5.65. The number of nitrogens with zero attached hydrogens (tertiary/aromatic N) is 1. The Morgan fingerprint density at radius 1 is 1.42 bits per heavy atom. The third-order valence-electron chi connectivity index (χ3n) is 2.73. The molecule has 4 heteroatoms. The molecule has 0 aromatic rings. The van der Waals surface area contributed by atoms with Crippen molar-refractivity contribution in [3.8, 4) is 0 Å². The lowest BCUT2D eigenvalue weighted by Gasteiger charge is -2.32. The highest BCUT2D eigenvalue weighted by molar-refractivity contribution is 5.87. The summed E-state index contributed by atoms with van der Waals surface area (Å²) in [5, 5.41) is 15.1. The summed E-state index contributed by atoms with van der Waals surface area (Å²) in [5.41, 5.74) is 0.782. The van der Waals surface area contributed by atoms with Crippen molar-refractivity contribution >= 4 is 5.71 Å². The standard InChI is InChI=1S/C8H14N2O2/c11-10-7-5-8(12-6-7)1-3-9-4-2-8/h9,11H,1-6H2. The molecule has 2 saturated heterocycles. The average molecular weight is 170 g/mol. The lowest BCUT2D eigenvalue weighted by molar-refractivity contribution is -0.0183. The second kappa shape index (κ2) is 3.03. The maximum absolute atomic E-state index is 8.57. The first kappa shape index (κ1) is 8.01. The Balaban J connectivity index is 2.03. The summed E-state index contributed by atoms with van der Waals surface area (Å²) in [6.45, 7) is 2.54. The summed E-state index contributed by atoms with van der Waals surface area (Å²) in [5.74, 6) is 0. The molecule has 2 heterocycles. The zero-order valence-corrected chi connectivity index (χ0v) is 7.05. The molecule has 0 aliphatic carbocycles. The van der Waals surface area contributed by atoms with Crippen LogP contribution in [0.2, 0.25) is 0 Å². The Kier molecular flexibility index (Phi) is 2.02. The summed E-state index contributed by atoms with van der Waals surface area (Å²) >= 11 is 0. The van der Waals surface area contributed by atoms with Gasteiger partial charge in [0, 0.05) is 6.42 Å². The highest BCUT2D eigenvalue weighted by Gasteiger charge is 2.39. The number of hydrogen-bond donors (Lipinski definition) is 2. The first-order chi connectivity index (χ1) is 5.85. The van der Waals surface area contributed by atoms with Gasteiger partial charge in [0.25, 0.3) is 0 Å². The molecular weight excluding hydrogens is 156 g/mol. The van der Waals surface area contributed by atoms with Gasteiger partial charge in [0.15, 0.2) is 0 Å². The van der Waals surface area contributed by atoms with E-state index in [1.165, 1.54) is 0 Å². The van der Waals surface area contributed by atoms with Crippen LogP contribution in [-0.4, -0.2) is 36.2 Å². The molecule has 2 rings (SSSR count). The van der Waals surface area contributed by atoms with Crippen LogP contribution < -0.4 is 5.32 Å². The van der Waals surface area contributed by atoms with Gasteiger partial charge in [-0.15, -0.1) is 0 Å². The van der Waals surface area contributed by atoms with Crippen molar-refractivity contribution in [2.45, 2.75) is 24.9 Å². The lowest BCUT2D eigenvalue weighted by Crippen LogP contribution is -2.41. The third-order valence-corrected chi connectivity index (χ3v) is 2.73. The Bertz CT molecular complexity index is 197. The van der Waals surface area contributed by atoms with Crippen molar-refractivity contribution in [3.05, 3.63) is 0 Å². The van der Waals surface area contributed by atoms with Gasteiger partial charge in [-0.05, 0) is 25.9 Å². The molecule has 0 radical (unpaired) electrons. The van der Waals surface area contributed by atoms with E-state index in [0.717, 1.165) is 38.1 Å². The maximum Gasteiger partial charge on any atom is 0.0890 e. The third kappa shape index (κ3) is 1.32. The number of rotatable bonds is 0. The number of nitrogens with one attached hydrogen (secondary N) is 1. The second-order valence-electron chi connectivity index (χ2n) is 3.56. The quantitative estimate of drug-likeness (QED) is 0.407. The van der Waals surface area contributed by atoms with E-state index < -0.39 is 0 Å². The van der Waals surface area contributed by atoms with E-state index in [9.17, 15) is 0 Å². The van der Waals surface area contributed by atoms with E-state index in [1.54, 1.807) is 0 Å². The molecule has 2 N–H and O–H groups in total. The molecule has 2 fully saturated rings. The van der Waals surface area contributed by atoms with Crippen LogP contribution in [0.4, 0.5) is 0 Å². The zero-order chi connectivity index (χ0) is 8.44. The highest BCUT2D eigenvalue weighted by Crippen LogP contribution is 2.32. The Morgan fingerprint density at radius 2 is 2.17 bits per heavy atom. The van der Waals surface area contributed by atoms with Crippen LogP contribution in [0.5, 0.6) is 0 Å². The maximum atomic E-state index is 8.57. The topological polar surface area (TPSA) is 53.9 Å². The van der Waals surface area contributed by atoms with Crippen LogP contribution in [0.25, 0.3) is 0 Å². The first-order valence-corrected chi connectivity index (χ1v) is 4.39. The van der Waals surface area contributed by atoms with Crippen molar-refractivity contribution in [1.82, 2.24) is 5.32 Å². The number of oxime groups is 1. The van der Waals surface area contributed by atoms with Gasteiger partial charge >= 0.3 is 0 Å². The molecule has 0 saturated carbocycles. The van der Waals surface area contributed by atoms with E-state index in [2.05, 4.69) is 10.5 Å². The summed E-state index contributed by atoms with van der Waals surface area (Å²) in [6.07, 6.45) is 2.88. The van der Waals surface area contributed by atoms with Crippen LogP contribution in [0.15, 0.2) is 5.16 Å². The van der Waals surface area contributed by atoms with E-state index in [0.29, 0.717) is 6.61 Å². The fourth-order valence-corrected chi connectivity index (χ4v) is 1.98. The number of ether oxygens (including phenoxy) is 1. The van der Waals surface area contributed by atoms with Crippen molar-refractivity contribution in [2.24, 2.45) is 5.16 Å². The van der Waals surface area contributed by atoms with Gasteiger partial charge in [0.05, 0.1) is 17.9 Å². The van der Waals surface area contributed by atoms with Gasteiger partial charge in [0.2, 0.25) is 0 Å². The summed E-state index contributed by atoms with van der Waals surface area (Å²) in [7, 11) is 0. The molecule has 0 aromatic heterocycles. The Morgan fingerprint density at radius 3 is 2.75 bits per heavy atom. The lowest BCUT2D eigenvalue weighted by atomic mass is 9.89. The normalized spacial score (nSPS) is 31.5. The fourth-order valence-electron chi connectivity index (χ4n) is 1.98. The molecule has 0 aromatic carbocycles. The molecule has 0 atom stereocenters. The van der Waals surface area contributed by atoms with Gasteiger partial charge in [-0.1, -0.05) is 5.16 Å². The van der Waals surface area contributed by atoms with Crippen LogP contribution in [0.3, 0.4) is 0 Å². The van der Waals surface area contributed by atoms with Crippen LogP contribution in [-0.2, 0) is 4.74 Å². The van der Waals surface area contributed by atoms with Gasteiger partial charge in [0.1, 0.15) is 0 Å². The molecule has 0 unspecified atom stereocenters. The van der Waals surface area contributed by atoms with Crippen molar-refractivity contribution in [2.75, 3.05) is 19.7 Å². The van der Waals surface area contributed by atoms with Crippen LogP contribution >= 0.6 is 0 Å². The smallest absolute Gasteiger partial charge is 0.0890 e. The SMILES string of the molecule is ON=C1COC2(CCNCC2)C1. The van der Waals surface area contributed by atoms with Crippen molar-refractivity contribution in [3.63, 3.8) is 0 Å². The van der Waals surface area contributed by atoms with E-state index in [-0.39, 0.29) is 5.60 Å². The van der Waals surface area contributed by atoms with E-state index >= 15 is 0 Å². The van der Waals surface area contributed by atoms with Gasteiger partial charge in [-0.25, -0.2) is 0 Å². The average Bonchev–Trinajstić information content (AvgIpc) is 2.50. The molecule has 1 spiro atoms. The fraction of sp³-hybridized carbons (Fsp3) is 0.875. The first-order valence-electron chi connectivity index (χ1n) is 4.39. The van der Waals surface area contributed by atoms with E-state index in [1.807, 2.05) is 0 Å². The van der Waals surface area contributed by atoms with Crippen molar-refractivity contribution < 1.29 is 9.94 Å². The monoisotopic (exact) mass is 170 g/mol. The minimum absolute atomic E-state index is 0.00713. The summed E-state index contributed by atoms with van der Waals surface area (Å²) in [6, 6.07) is 0. The predicted molar refractivity (Wildman–Crippen MR) is 44.6 cm³/mol. The van der Waals surface area contributed by atoms with Gasteiger partial charge in [-0.2, -0.15) is 0 Å². The van der Waals surface area contributed by atoms with Gasteiger partial charge < -0.3 is 15.3 Å². The van der Waals surface area contributed by atoms with Crippen LogP contribution in [0, 0.1) is 0 Å². The highest BCUT2D eigenvalue weighted by atomic mass is 16.5. The number of piperidine rings is 1. The van der Waals surface area contributed by atoms with Crippen LogP contribution in [0.1, 0.15) is 19.3 Å². The Hall–Kier alpha value is -0.610. The molecule has 0 bridgehead atoms.